The molecule has 8 nitrogen and oxygen atoms in total. The van der Waals surface area contributed by atoms with Crippen molar-refractivity contribution in [3.63, 3.8) is 0 Å². The summed E-state index contributed by atoms with van der Waals surface area (Å²) in [5, 5.41) is 5.58. The van der Waals surface area contributed by atoms with Gasteiger partial charge in [0.25, 0.3) is 5.91 Å². The Kier molecular flexibility index (Phi) is 6.21. The lowest BCUT2D eigenvalue weighted by molar-refractivity contribution is -0.123. The molecule has 32 heavy (non-hydrogen) atoms. The van der Waals surface area contributed by atoms with Crippen molar-refractivity contribution >= 4 is 33.2 Å². The fourth-order valence-electron chi connectivity index (χ4n) is 3.94. The van der Waals surface area contributed by atoms with Crippen molar-refractivity contribution in [3.8, 4) is 5.75 Å². The van der Waals surface area contributed by atoms with E-state index in [1.54, 1.807) is 13.0 Å². The maximum Gasteiger partial charge on any atom is 0.265 e. The summed E-state index contributed by atoms with van der Waals surface area (Å²) in [6.45, 7) is 4.14. The van der Waals surface area contributed by atoms with Crippen LogP contribution in [0.4, 0.5) is 11.4 Å². The third-order valence-corrected chi connectivity index (χ3v) is 7.77. The van der Waals surface area contributed by atoms with Gasteiger partial charge in [-0.15, -0.1) is 0 Å². The Labute approximate surface area is 188 Å². The number of fused-ring (bicyclic) bond motifs is 1. The molecule has 2 heterocycles. The summed E-state index contributed by atoms with van der Waals surface area (Å²) in [4.78, 5) is 24.7. The Bertz CT molecular complexity index is 1130. The van der Waals surface area contributed by atoms with E-state index in [1.165, 1.54) is 22.0 Å². The van der Waals surface area contributed by atoms with Crippen molar-refractivity contribution < 1.29 is 22.7 Å². The molecule has 0 saturated carbocycles. The van der Waals surface area contributed by atoms with Crippen LogP contribution in [0.25, 0.3) is 0 Å². The molecule has 0 radical (unpaired) electrons. The molecule has 4 rings (SSSR count). The van der Waals surface area contributed by atoms with Crippen LogP contribution in [0.2, 0.25) is 0 Å². The van der Waals surface area contributed by atoms with E-state index in [1.807, 2.05) is 24.3 Å². The third kappa shape index (κ3) is 4.49. The summed E-state index contributed by atoms with van der Waals surface area (Å²) in [6, 6.07) is 12.1. The first-order valence-electron chi connectivity index (χ1n) is 10.8. The van der Waals surface area contributed by atoms with Gasteiger partial charge in [-0.3, -0.25) is 9.59 Å². The zero-order chi connectivity index (χ0) is 22.9. The summed E-state index contributed by atoms with van der Waals surface area (Å²) in [7, 11) is -3.83. The van der Waals surface area contributed by atoms with E-state index < -0.39 is 22.0 Å². The van der Waals surface area contributed by atoms with Crippen molar-refractivity contribution in [2.75, 3.05) is 23.7 Å². The summed E-state index contributed by atoms with van der Waals surface area (Å²) in [6.07, 6.45) is 1.50. The Hall–Kier alpha value is -2.91. The summed E-state index contributed by atoms with van der Waals surface area (Å²) < 4.78 is 33.4. The van der Waals surface area contributed by atoms with Gasteiger partial charge in [-0.1, -0.05) is 19.1 Å². The molecule has 0 aromatic heterocycles. The smallest absolute Gasteiger partial charge is 0.265 e. The summed E-state index contributed by atoms with van der Waals surface area (Å²) in [5.41, 5.74) is 2.21. The molecule has 2 aliphatic rings. The van der Waals surface area contributed by atoms with Gasteiger partial charge in [0, 0.05) is 18.8 Å². The number of amides is 2. The Morgan fingerprint density at radius 3 is 2.69 bits per heavy atom. The first-order valence-corrected chi connectivity index (χ1v) is 12.2. The minimum Gasteiger partial charge on any atom is -0.479 e. The van der Waals surface area contributed by atoms with E-state index in [9.17, 15) is 18.0 Å². The molecule has 2 aliphatic heterocycles. The highest BCUT2D eigenvalue weighted by Gasteiger charge is 2.34. The quantitative estimate of drug-likeness (QED) is 0.718. The number of piperidine rings is 1. The Morgan fingerprint density at radius 2 is 1.97 bits per heavy atom. The van der Waals surface area contributed by atoms with Crippen LogP contribution in [-0.4, -0.2) is 43.7 Å². The number of anilines is 2. The fourth-order valence-corrected chi connectivity index (χ4v) is 5.49. The molecule has 2 unspecified atom stereocenters. The van der Waals surface area contributed by atoms with Gasteiger partial charge in [0.1, 0.15) is 5.75 Å². The predicted molar refractivity (Wildman–Crippen MR) is 121 cm³/mol. The maximum absolute atomic E-state index is 13.3. The van der Waals surface area contributed by atoms with Gasteiger partial charge in [0.05, 0.1) is 16.5 Å². The number of carbonyl (C=O) groups is 2. The molecule has 0 aliphatic carbocycles. The number of carbonyl (C=O) groups excluding carboxylic acids is 2. The second-order valence-corrected chi connectivity index (χ2v) is 10.1. The fraction of sp³-hybridized carbons (Fsp3) is 0.391. The van der Waals surface area contributed by atoms with Crippen molar-refractivity contribution in [1.29, 1.82) is 0 Å². The van der Waals surface area contributed by atoms with Gasteiger partial charge in [0.2, 0.25) is 15.9 Å². The van der Waals surface area contributed by atoms with Crippen LogP contribution in [0.5, 0.6) is 5.75 Å². The van der Waals surface area contributed by atoms with E-state index >= 15 is 0 Å². The minimum atomic E-state index is -3.83. The van der Waals surface area contributed by atoms with E-state index in [2.05, 4.69) is 17.6 Å². The van der Waals surface area contributed by atoms with Crippen molar-refractivity contribution in [1.82, 2.24) is 4.31 Å². The highest BCUT2D eigenvalue weighted by Crippen LogP contribution is 2.33. The predicted octanol–water partition coefficient (Wildman–Crippen LogP) is 3.01. The lowest BCUT2D eigenvalue weighted by Gasteiger charge is -2.31. The molecule has 1 fully saturated rings. The standard InChI is InChI=1S/C23H27N3O5S/c1-3-16-6-8-18(9-7-16)24-23(28)17-5-4-12-26(14-17)32(29,30)19-10-11-21-20(13-19)25-22(27)15(2)31-21/h6-11,13,15,17H,3-5,12,14H2,1-2H3,(H,24,28)(H,25,27). The van der Waals surface area contributed by atoms with Gasteiger partial charge in [-0.25, -0.2) is 8.42 Å². The van der Waals surface area contributed by atoms with Crippen LogP contribution < -0.4 is 15.4 Å². The number of sulfonamides is 1. The topological polar surface area (TPSA) is 105 Å². The average Bonchev–Trinajstić information content (AvgIpc) is 2.80. The molecular weight excluding hydrogens is 430 g/mol. The molecule has 0 spiro atoms. The number of nitrogens with one attached hydrogen (secondary N) is 2. The van der Waals surface area contributed by atoms with E-state index in [-0.39, 0.29) is 23.3 Å². The van der Waals surface area contributed by atoms with Gasteiger partial charge >= 0.3 is 0 Å². The molecule has 2 aromatic carbocycles. The molecule has 1 saturated heterocycles. The zero-order valence-electron chi connectivity index (χ0n) is 18.1. The molecule has 2 N–H and O–H groups in total. The molecule has 2 aromatic rings. The monoisotopic (exact) mass is 457 g/mol. The van der Waals surface area contributed by atoms with E-state index in [0.717, 1.165) is 6.42 Å². The van der Waals surface area contributed by atoms with Crippen molar-refractivity contribution in [2.45, 2.75) is 44.1 Å². The second-order valence-electron chi connectivity index (χ2n) is 8.15. The van der Waals surface area contributed by atoms with Crippen LogP contribution in [0.15, 0.2) is 47.4 Å². The summed E-state index contributed by atoms with van der Waals surface area (Å²) in [5.74, 6) is -0.519. The van der Waals surface area contributed by atoms with Crippen LogP contribution in [0.3, 0.4) is 0 Å². The van der Waals surface area contributed by atoms with Gasteiger partial charge in [-0.2, -0.15) is 4.31 Å². The highest BCUT2D eigenvalue weighted by atomic mass is 32.2. The third-order valence-electron chi connectivity index (χ3n) is 5.90. The van der Waals surface area contributed by atoms with Gasteiger partial charge < -0.3 is 15.4 Å². The molecule has 0 bridgehead atoms. The van der Waals surface area contributed by atoms with Crippen molar-refractivity contribution in [2.24, 2.45) is 5.92 Å². The SMILES string of the molecule is CCc1ccc(NC(=O)C2CCCN(S(=O)(=O)c3ccc4c(c3)NC(=O)C(C)O4)C2)cc1. The number of hydrogen-bond donors (Lipinski definition) is 2. The van der Waals surface area contributed by atoms with Gasteiger partial charge in [0.15, 0.2) is 6.10 Å². The average molecular weight is 458 g/mol. The number of ether oxygens (including phenoxy) is 1. The first-order chi connectivity index (χ1) is 15.3. The molecule has 9 heteroatoms. The second kappa shape index (κ2) is 8.91. The minimum absolute atomic E-state index is 0.0610. The van der Waals surface area contributed by atoms with Crippen LogP contribution in [0, 0.1) is 5.92 Å². The number of hydrogen-bond acceptors (Lipinski definition) is 5. The molecule has 2 amide bonds. The normalized spacial score (nSPS) is 21.2. The number of aryl methyl sites for hydroxylation is 1. The van der Waals surface area contributed by atoms with Crippen LogP contribution in [0.1, 0.15) is 32.3 Å². The van der Waals surface area contributed by atoms with E-state index in [4.69, 9.17) is 4.74 Å². The molecule has 2 atom stereocenters. The summed E-state index contributed by atoms with van der Waals surface area (Å²) >= 11 is 0. The molecule has 170 valence electrons. The lowest BCUT2D eigenvalue weighted by atomic mass is 9.98. The Balaban J connectivity index is 1.48. The van der Waals surface area contributed by atoms with Crippen LogP contribution in [-0.2, 0) is 26.0 Å². The maximum atomic E-state index is 13.3. The number of nitrogens with zero attached hydrogens (tertiary/aromatic N) is 1. The van der Waals surface area contributed by atoms with Gasteiger partial charge in [-0.05, 0) is 62.1 Å². The first kappa shape index (κ1) is 22.3. The highest BCUT2D eigenvalue weighted by molar-refractivity contribution is 7.89. The zero-order valence-corrected chi connectivity index (χ0v) is 18.9. The van der Waals surface area contributed by atoms with E-state index in [0.29, 0.717) is 36.5 Å². The number of rotatable bonds is 5. The number of benzene rings is 2. The van der Waals surface area contributed by atoms with Crippen LogP contribution >= 0.6 is 0 Å². The van der Waals surface area contributed by atoms with Crippen molar-refractivity contribution in [3.05, 3.63) is 48.0 Å². The lowest BCUT2D eigenvalue weighted by Crippen LogP contribution is -2.43. The Morgan fingerprint density at radius 1 is 1.22 bits per heavy atom. The molecular formula is C23H27N3O5S. The largest absolute Gasteiger partial charge is 0.479 e.